The molecule has 6 rings (SSSR count). The van der Waals surface area contributed by atoms with Crippen LogP contribution in [-0.4, -0.2) is 73.3 Å². The van der Waals surface area contributed by atoms with Gasteiger partial charge in [0, 0.05) is 44.5 Å². The average molecular weight is 589 g/mol. The number of fused-ring (bicyclic) bond motifs is 1. The number of amides is 2. The summed E-state index contributed by atoms with van der Waals surface area (Å²) >= 11 is 1.47. The lowest BCUT2D eigenvalue weighted by molar-refractivity contribution is -0.120. The van der Waals surface area contributed by atoms with Crippen molar-refractivity contribution in [1.82, 2.24) is 15.0 Å². The van der Waals surface area contributed by atoms with E-state index in [2.05, 4.69) is 25.5 Å². The van der Waals surface area contributed by atoms with E-state index in [0.29, 0.717) is 72.9 Å². The molecule has 218 valence electrons. The Kier molecular flexibility index (Phi) is 8.02. The number of nitrogen functional groups attached to an aromatic ring is 1. The topological polar surface area (TPSA) is 148 Å². The molecule has 0 unspecified atom stereocenters. The molecule has 0 radical (unpaired) electrons. The Labute approximate surface area is 246 Å². The third kappa shape index (κ3) is 5.78. The zero-order chi connectivity index (χ0) is 29.1. The number of thiazole rings is 1. The van der Waals surface area contributed by atoms with Gasteiger partial charge in [-0.1, -0.05) is 23.5 Å². The molecule has 0 bridgehead atoms. The van der Waals surface area contributed by atoms with Crippen molar-refractivity contribution in [3.05, 3.63) is 54.4 Å². The largest absolute Gasteiger partial charge is 0.494 e. The fraction of sp³-hybridized carbons (Fsp3) is 0.345. The molecule has 13 heteroatoms. The summed E-state index contributed by atoms with van der Waals surface area (Å²) in [5, 5.41) is 6.39. The fourth-order valence-electron chi connectivity index (χ4n) is 5.20. The fourth-order valence-corrected chi connectivity index (χ4v) is 6.22. The van der Waals surface area contributed by atoms with E-state index in [1.165, 1.54) is 23.7 Å². The van der Waals surface area contributed by atoms with Crippen LogP contribution in [-0.2, 0) is 9.53 Å². The molecular formula is C29H32N8O4S. The molecular weight excluding hydrogens is 556 g/mol. The number of para-hydroxylation sites is 2. The number of hydrogen-bond donors (Lipinski definition) is 3. The Morgan fingerprint density at radius 3 is 2.45 bits per heavy atom. The summed E-state index contributed by atoms with van der Waals surface area (Å²) in [6, 6.07) is 11.0. The molecule has 4 N–H and O–H groups in total. The van der Waals surface area contributed by atoms with Gasteiger partial charge in [-0.15, -0.1) is 0 Å². The van der Waals surface area contributed by atoms with E-state index in [1.807, 2.05) is 17.0 Å². The first kappa shape index (κ1) is 27.7. The lowest BCUT2D eigenvalue weighted by Crippen LogP contribution is -2.39. The summed E-state index contributed by atoms with van der Waals surface area (Å²) in [4.78, 5) is 43.6. The number of ether oxygens (including phenoxy) is 2. The Morgan fingerprint density at radius 2 is 1.74 bits per heavy atom. The first-order valence-corrected chi connectivity index (χ1v) is 14.7. The van der Waals surface area contributed by atoms with E-state index < -0.39 is 0 Å². The molecule has 2 aliphatic heterocycles. The third-order valence-electron chi connectivity index (χ3n) is 7.55. The maximum atomic E-state index is 13.2. The number of nitrogens with one attached hydrogen (secondary N) is 2. The highest BCUT2D eigenvalue weighted by Gasteiger charge is 2.28. The van der Waals surface area contributed by atoms with Crippen LogP contribution in [0.3, 0.4) is 0 Å². The molecule has 2 amide bonds. The van der Waals surface area contributed by atoms with E-state index >= 15 is 0 Å². The van der Waals surface area contributed by atoms with Gasteiger partial charge in [-0.25, -0.2) is 15.0 Å². The highest BCUT2D eigenvalue weighted by atomic mass is 32.1. The number of piperidine rings is 1. The number of anilines is 5. The van der Waals surface area contributed by atoms with Crippen LogP contribution < -0.4 is 30.9 Å². The minimum Gasteiger partial charge on any atom is -0.494 e. The quantitative estimate of drug-likeness (QED) is 0.273. The second kappa shape index (κ2) is 12.2. The van der Waals surface area contributed by atoms with Crippen molar-refractivity contribution in [3.8, 4) is 5.75 Å². The smallest absolute Gasteiger partial charge is 0.258 e. The zero-order valence-corrected chi connectivity index (χ0v) is 24.0. The minimum atomic E-state index is -0.334. The minimum absolute atomic E-state index is 0.0475. The van der Waals surface area contributed by atoms with E-state index in [9.17, 15) is 9.59 Å². The summed E-state index contributed by atoms with van der Waals surface area (Å²) in [6.45, 7) is 4.23. The van der Waals surface area contributed by atoms with E-state index in [-0.39, 0.29) is 17.7 Å². The van der Waals surface area contributed by atoms with Gasteiger partial charge in [0.05, 0.1) is 47.6 Å². The monoisotopic (exact) mass is 588 g/mol. The first-order valence-electron chi connectivity index (χ1n) is 13.8. The van der Waals surface area contributed by atoms with Gasteiger partial charge in [0.15, 0.2) is 5.13 Å². The number of methoxy groups -OCH3 is 1. The molecule has 0 spiro atoms. The second-order valence-corrected chi connectivity index (χ2v) is 11.1. The Morgan fingerprint density at radius 1 is 1.00 bits per heavy atom. The highest BCUT2D eigenvalue weighted by Crippen LogP contribution is 2.40. The Balaban J connectivity index is 1.07. The van der Waals surface area contributed by atoms with Crippen molar-refractivity contribution in [1.29, 1.82) is 0 Å². The number of benzene rings is 2. The predicted molar refractivity (Wildman–Crippen MR) is 164 cm³/mol. The van der Waals surface area contributed by atoms with E-state index in [1.54, 1.807) is 31.4 Å². The Bertz CT molecular complexity index is 1580. The molecule has 4 aromatic rings. The molecule has 2 fully saturated rings. The highest BCUT2D eigenvalue weighted by molar-refractivity contribution is 7.23. The lowest BCUT2D eigenvalue weighted by Gasteiger charge is -2.31. The third-order valence-corrected chi connectivity index (χ3v) is 8.54. The first-order chi connectivity index (χ1) is 20.5. The number of rotatable bonds is 7. The summed E-state index contributed by atoms with van der Waals surface area (Å²) in [6.07, 6.45) is 4.31. The SMILES string of the molecule is COc1ccc(N2CCOCC2)c2sc(NC(=O)C3CCN(c4ncc(C(=O)Nc5ccccc5N)cn4)CC3)nc12. The lowest BCUT2D eigenvalue weighted by atomic mass is 9.96. The number of nitrogens with zero attached hydrogens (tertiary/aromatic N) is 5. The van der Waals surface area contributed by atoms with Gasteiger partial charge in [0.2, 0.25) is 11.9 Å². The van der Waals surface area contributed by atoms with Gasteiger partial charge in [-0.05, 0) is 37.1 Å². The van der Waals surface area contributed by atoms with Crippen LogP contribution in [0.1, 0.15) is 23.2 Å². The van der Waals surface area contributed by atoms with Crippen LogP contribution in [0.2, 0.25) is 0 Å². The van der Waals surface area contributed by atoms with Crippen LogP contribution in [0.5, 0.6) is 5.75 Å². The standard InChI is InChI=1S/C29H32N8O4S/c1-40-23-7-6-22(36-12-14-41-15-13-36)25-24(23)34-29(42-25)35-26(38)18-8-10-37(11-9-18)28-31-16-19(17-32-28)27(39)33-21-5-3-2-4-20(21)30/h2-7,16-18H,8-15,30H2,1H3,(H,33,39)(H,34,35,38). The molecule has 2 aromatic heterocycles. The molecule has 2 aliphatic rings. The summed E-state index contributed by atoms with van der Waals surface area (Å²) in [5.74, 6) is 0.668. The van der Waals surface area contributed by atoms with Gasteiger partial charge in [0.1, 0.15) is 11.3 Å². The van der Waals surface area contributed by atoms with Crippen LogP contribution >= 0.6 is 11.3 Å². The molecule has 12 nitrogen and oxygen atoms in total. The van der Waals surface area contributed by atoms with Gasteiger partial charge < -0.3 is 35.6 Å². The van der Waals surface area contributed by atoms with Gasteiger partial charge in [-0.3, -0.25) is 9.59 Å². The maximum Gasteiger partial charge on any atom is 0.258 e. The van der Waals surface area contributed by atoms with Crippen molar-refractivity contribution in [3.63, 3.8) is 0 Å². The van der Waals surface area contributed by atoms with Crippen LogP contribution in [0.15, 0.2) is 48.8 Å². The van der Waals surface area contributed by atoms with Crippen LogP contribution in [0.4, 0.5) is 28.1 Å². The van der Waals surface area contributed by atoms with Crippen molar-refractivity contribution < 1.29 is 19.1 Å². The van der Waals surface area contributed by atoms with Crippen molar-refractivity contribution >= 4 is 61.5 Å². The van der Waals surface area contributed by atoms with Crippen LogP contribution in [0, 0.1) is 5.92 Å². The molecule has 4 heterocycles. The molecule has 42 heavy (non-hydrogen) atoms. The van der Waals surface area contributed by atoms with E-state index in [4.69, 9.17) is 20.2 Å². The van der Waals surface area contributed by atoms with Crippen molar-refractivity contribution in [2.75, 3.05) is 72.7 Å². The normalized spacial score (nSPS) is 15.9. The molecule has 0 aliphatic carbocycles. The summed E-state index contributed by atoms with van der Waals surface area (Å²) in [5.41, 5.74) is 9.09. The van der Waals surface area contributed by atoms with Crippen LogP contribution in [0.25, 0.3) is 10.2 Å². The number of hydrogen-bond acceptors (Lipinski definition) is 11. The predicted octanol–water partition coefficient (Wildman–Crippen LogP) is 3.62. The van der Waals surface area contributed by atoms with Gasteiger partial charge in [-0.2, -0.15) is 0 Å². The van der Waals surface area contributed by atoms with E-state index in [0.717, 1.165) is 29.0 Å². The zero-order valence-electron chi connectivity index (χ0n) is 23.2. The summed E-state index contributed by atoms with van der Waals surface area (Å²) in [7, 11) is 1.63. The number of nitrogens with two attached hydrogens (primary N) is 1. The molecule has 0 atom stereocenters. The summed E-state index contributed by atoms with van der Waals surface area (Å²) < 4.78 is 12.1. The van der Waals surface area contributed by atoms with Gasteiger partial charge >= 0.3 is 0 Å². The Hall–Kier alpha value is -4.49. The second-order valence-electron chi connectivity index (χ2n) is 10.1. The molecule has 0 saturated carbocycles. The van der Waals surface area contributed by atoms with Gasteiger partial charge in [0.25, 0.3) is 5.91 Å². The molecule has 2 aromatic carbocycles. The van der Waals surface area contributed by atoms with Crippen molar-refractivity contribution in [2.45, 2.75) is 12.8 Å². The number of morpholine rings is 1. The maximum absolute atomic E-state index is 13.2. The molecule has 2 saturated heterocycles. The average Bonchev–Trinajstić information content (AvgIpc) is 3.46. The number of carbonyl (C=O) groups excluding carboxylic acids is 2. The van der Waals surface area contributed by atoms with Crippen molar-refractivity contribution in [2.24, 2.45) is 5.92 Å². The number of carbonyl (C=O) groups is 2. The number of aromatic nitrogens is 3.